The Hall–Kier alpha value is -0.120. The number of likely N-dealkylation sites (tertiary alicyclic amines) is 2. The van der Waals surface area contributed by atoms with E-state index < -0.39 is 0 Å². The fourth-order valence-corrected chi connectivity index (χ4v) is 3.62. The molecule has 2 fully saturated rings. The smallest absolute Gasteiger partial charge is 0.0108 e. The van der Waals surface area contributed by atoms with Gasteiger partial charge in [0.25, 0.3) is 0 Å². The zero-order valence-corrected chi connectivity index (χ0v) is 12.3. The van der Waals surface area contributed by atoms with Crippen molar-refractivity contribution < 1.29 is 0 Å². The lowest BCUT2D eigenvalue weighted by Crippen LogP contribution is -2.47. The standard InChI is InChI=1S/C15H31N3/c1-3-17-9-5-7-15(8-11-17)18-10-4-6-14(12-18)13(2)16/h13-15H,3-12,16H2,1-2H3. The van der Waals surface area contributed by atoms with Crippen LogP contribution in [0.2, 0.25) is 0 Å². The van der Waals surface area contributed by atoms with Crippen LogP contribution in [-0.2, 0) is 0 Å². The Morgan fingerprint density at radius 2 is 1.89 bits per heavy atom. The number of hydrogen-bond donors (Lipinski definition) is 1. The van der Waals surface area contributed by atoms with Crippen molar-refractivity contribution in [2.45, 2.75) is 58.0 Å². The molecule has 3 nitrogen and oxygen atoms in total. The predicted molar refractivity (Wildman–Crippen MR) is 77.7 cm³/mol. The Kier molecular flexibility index (Phi) is 5.46. The van der Waals surface area contributed by atoms with E-state index in [2.05, 4.69) is 23.6 Å². The van der Waals surface area contributed by atoms with E-state index in [-0.39, 0.29) is 0 Å². The Balaban J connectivity index is 1.86. The van der Waals surface area contributed by atoms with Gasteiger partial charge in [-0.25, -0.2) is 0 Å². The van der Waals surface area contributed by atoms with E-state index >= 15 is 0 Å². The molecule has 3 atom stereocenters. The molecule has 2 aliphatic rings. The molecule has 0 aliphatic carbocycles. The minimum atomic E-state index is 0.366. The summed E-state index contributed by atoms with van der Waals surface area (Å²) in [6.07, 6.45) is 6.81. The number of nitrogens with two attached hydrogens (primary N) is 1. The van der Waals surface area contributed by atoms with E-state index in [1.165, 1.54) is 64.8 Å². The Morgan fingerprint density at radius 1 is 1.11 bits per heavy atom. The van der Waals surface area contributed by atoms with Gasteiger partial charge in [-0.2, -0.15) is 0 Å². The second kappa shape index (κ2) is 6.88. The summed E-state index contributed by atoms with van der Waals surface area (Å²) in [6.45, 7) is 10.8. The van der Waals surface area contributed by atoms with Crippen LogP contribution in [0.15, 0.2) is 0 Å². The van der Waals surface area contributed by atoms with Crippen LogP contribution in [0.1, 0.15) is 46.0 Å². The molecule has 3 heteroatoms. The summed E-state index contributed by atoms with van der Waals surface area (Å²) in [7, 11) is 0. The molecular formula is C15H31N3. The maximum Gasteiger partial charge on any atom is 0.0108 e. The molecule has 106 valence electrons. The highest BCUT2D eigenvalue weighted by molar-refractivity contribution is 4.84. The van der Waals surface area contributed by atoms with E-state index in [1.807, 2.05) is 0 Å². The molecule has 0 radical (unpaired) electrons. The molecule has 0 aromatic carbocycles. The number of piperidine rings is 1. The average molecular weight is 253 g/mol. The third-order valence-electron chi connectivity index (χ3n) is 4.99. The zero-order chi connectivity index (χ0) is 13.0. The van der Waals surface area contributed by atoms with Crippen LogP contribution >= 0.6 is 0 Å². The molecule has 2 saturated heterocycles. The van der Waals surface area contributed by atoms with Gasteiger partial charge in [0.05, 0.1) is 0 Å². The highest BCUT2D eigenvalue weighted by atomic mass is 15.2. The van der Waals surface area contributed by atoms with Gasteiger partial charge in [0, 0.05) is 18.6 Å². The molecule has 0 aromatic heterocycles. The summed E-state index contributed by atoms with van der Waals surface area (Å²) in [5, 5.41) is 0. The number of nitrogens with zero attached hydrogens (tertiary/aromatic N) is 2. The van der Waals surface area contributed by atoms with Gasteiger partial charge >= 0.3 is 0 Å². The molecule has 0 saturated carbocycles. The molecule has 0 bridgehead atoms. The first kappa shape index (κ1) is 14.3. The molecule has 2 aliphatic heterocycles. The summed E-state index contributed by atoms with van der Waals surface area (Å²) < 4.78 is 0. The van der Waals surface area contributed by atoms with Crippen LogP contribution in [0.5, 0.6) is 0 Å². The monoisotopic (exact) mass is 253 g/mol. The fourth-order valence-electron chi connectivity index (χ4n) is 3.62. The van der Waals surface area contributed by atoms with E-state index in [4.69, 9.17) is 5.73 Å². The van der Waals surface area contributed by atoms with Crippen LogP contribution in [0.25, 0.3) is 0 Å². The Bertz CT molecular complexity index is 242. The van der Waals surface area contributed by atoms with Gasteiger partial charge in [0.2, 0.25) is 0 Å². The molecule has 2 heterocycles. The molecule has 2 rings (SSSR count). The van der Waals surface area contributed by atoms with Crippen molar-refractivity contribution in [3.8, 4) is 0 Å². The van der Waals surface area contributed by atoms with E-state index in [0.717, 1.165) is 12.0 Å². The quantitative estimate of drug-likeness (QED) is 0.834. The van der Waals surface area contributed by atoms with Crippen molar-refractivity contribution in [3.05, 3.63) is 0 Å². The lowest BCUT2D eigenvalue weighted by Gasteiger charge is -2.39. The van der Waals surface area contributed by atoms with Crippen molar-refractivity contribution in [3.63, 3.8) is 0 Å². The van der Waals surface area contributed by atoms with E-state index in [1.54, 1.807) is 0 Å². The van der Waals surface area contributed by atoms with Gasteiger partial charge in [-0.05, 0) is 71.1 Å². The van der Waals surface area contributed by atoms with E-state index in [0.29, 0.717) is 6.04 Å². The second-order valence-corrected chi connectivity index (χ2v) is 6.28. The Labute approximate surface area is 113 Å². The molecule has 0 spiro atoms. The third-order valence-corrected chi connectivity index (χ3v) is 4.99. The first-order valence-electron chi connectivity index (χ1n) is 7.92. The predicted octanol–water partition coefficient (Wildman–Crippen LogP) is 1.92. The first-order valence-corrected chi connectivity index (χ1v) is 7.92. The van der Waals surface area contributed by atoms with Gasteiger partial charge in [0.15, 0.2) is 0 Å². The van der Waals surface area contributed by atoms with Crippen molar-refractivity contribution in [1.29, 1.82) is 0 Å². The highest BCUT2D eigenvalue weighted by Gasteiger charge is 2.28. The van der Waals surface area contributed by atoms with Crippen molar-refractivity contribution in [2.24, 2.45) is 11.7 Å². The van der Waals surface area contributed by atoms with Crippen LogP contribution in [0, 0.1) is 5.92 Å². The highest BCUT2D eigenvalue weighted by Crippen LogP contribution is 2.25. The van der Waals surface area contributed by atoms with Gasteiger partial charge in [-0.3, -0.25) is 0 Å². The van der Waals surface area contributed by atoms with Crippen molar-refractivity contribution in [1.82, 2.24) is 9.80 Å². The zero-order valence-electron chi connectivity index (χ0n) is 12.3. The summed E-state index contributed by atoms with van der Waals surface area (Å²) in [6, 6.07) is 1.19. The van der Waals surface area contributed by atoms with Gasteiger partial charge < -0.3 is 15.5 Å². The van der Waals surface area contributed by atoms with Crippen LogP contribution in [0.3, 0.4) is 0 Å². The first-order chi connectivity index (χ1) is 8.70. The van der Waals surface area contributed by atoms with Gasteiger partial charge in [-0.1, -0.05) is 6.92 Å². The largest absolute Gasteiger partial charge is 0.328 e. The topological polar surface area (TPSA) is 32.5 Å². The minimum Gasteiger partial charge on any atom is -0.328 e. The van der Waals surface area contributed by atoms with Crippen molar-refractivity contribution >= 4 is 0 Å². The van der Waals surface area contributed by atoms with Gasteiger partial charge in [0.1, 0.15) is 0 Å². The molecule has 18 heavy (non-hydrogen) atoms. The Morgan fingerprint density at radius 3 is 2.61 bits per heavy atom. The molecule has 3 unspecified atom stereocenters. The summed E-state index contributed by atoms with van der Waals surface area (Å²) in [5.74, 6) is 0.726. The SMILES string of the molecule is CCN1CCCC(N2CCCC(C(C)N)C2)CC1. The minimum absolute atomic E-state index is 0.366. The normalized spacial score (nSPS) is 34.2. The molecule has 2 N–H and O–H groups in total. The summed E-state index contributed by atoms with van der Waals surface area (Å²) in [5.41, 5.74) is 6.10. The molecular weight excluding hydrogens is 222 g/mol. The van der Waals surface area contributed by atoms with Crippen LogP contribution < -0.4 is 5.73 Å². The fraction of sp³-hybridized carbons (Fsp3) is 1.00. The summed E-state index contributed by atoms with van der Waals surface area (Å²) >= 11 is 0. The van der Waals surface area contributed by atoms with E-state index in [9.17, 15) is 0 Å². The number of hydrogen-bond acceptors (Lipinski definition) is 3. The maximum atomic E-state index is 6.10. The lowest BCUT2D eigenvalue weighted by molar-refractivity contribution is 0.104. The number of rotatable bonds is 3. The lowest BCUT2D eigenvalue weighted by atomic mass is 9.90. The van der Waals surface area contributed by atoms with Crippen LogP contribution in [-0.4, -0.2) is 54.6 Å². The van der Waals surface area contributed by atoms with Crippen LogP contribution in [0.4, 0.5) is 0 Å². The maximum absolute atomic E-state index is 6.10. The second-order valence-electron chi connectivity index (χ2n) is 6.28. The molecule has 0 amide bonds. The molecule has 0 aromatic rings. The van der Waals surface area contributed by atoms with Crippen molar-refractivity contribution in [2.75, 3.05) is 32.7 Å². The van der Waals surface area contributed by atoms with Gasteiger partial charge in [-0.15, -0.1) is 0 Å². The summed E-state index contributed by atoms with van der Waals surface area (Å²) in [4.78, 5) is 5.35. The average Bonchev–Trinajstić information content (AvgIpc) is 2.64. The third kappa shape index (κ3) is 3.69.